The highest BCUT2D eigenvalue weighted by molar-refractivity contribution is 6.61. The summed E-state index contributed by atoms with van der Waals surface area (Å²) in [7, 11) is -0.431. The normalized spacial score (nSPS) is 26.2. The Balaban J connectivity index is 1.66. The summed E-state index contributed by atoms with van der Waals surface area (Å²) in [6.07, 6.45) is 3.60. The van der Waals surface area contributed by atoms with Crippen LogP contribution in [0.25, 0.3) is 0 Å². The predicted molar refractivity (Wildman–Crippen MR) is 98.1 cm³/mol. The van der Waals surface area contributed by atoms with Crippen molar-refractivity contribution in [1.29, 1.82) is 0 Å². The summed E-state index contributed by atoms with van der Waals surface area (Å²) >= 11 is 0. The Hall–Kier alpha value is -1.22. The molecule has 0 spiro atoms. The third-order valence-corrected chi connectivity index (χ3v) is 5.62. The van der Waals surface area contributed by atoms with Gasteiger partial charge in [0.05, 0.1) is 17.8 Å². The Morgan fingerprint density at radius 2 is 1.76 bits per heavy atom. The van der Waals surface area contributed by atoms with E-state index in [-0.39, 0.29) is 17.8 Å². The number of aromatic nitrogens is 2. The first-order valence-electron chi connectivity index (χ1n) is 9.01. The van der Waals surface area contributed by atoms with Gasteiger partial charge in [0.25, 0.3) is 0 Å². The highest BCUT2D eigenvalue weighted by Gasteiger charge is 2.52. The molecule has 3 heterocycles. The molecule has 8 heteroatoms. The van der Waals surface area contributed by atoms with Crippen molar-refractivity contribution in [1.82, 2.24) is 14.9 Å². The summed E-state index contributed by atoms with van der Waals surface area (Å²) in [4.78, 5) is 13.5. The molecule has 0 radical (unpaired) electrons. The van der Waals surface area contributed by atoms with E-state index in [4.69, 9.17) is 14.4 Å². The average molecular weight is 348 g/mol. The monoisotopic (exact) mass is 348 g/mol. The van der Waals surface area contributed by atoms with Crippen LogP contribution in [0, 0.1) is 0 Å². The van der Waals surface area contributed by atoms with Crippen molar-refractivity contribution >= 4 is 18.5 Å². The predicted octanol–water partition coefficient (Wildman–Crippen LogP) is 0.279. The Bertz CT molecular complexity index is 580. The zero-order valence-electron chi connectivity index (χ0n) is 15.9. The quantitative estimate of drug-likeness (QED) is 0.784. The van der Waals surface area contributed by atoms with Crippen LogP contribution in [0.2, 0.25) is 0 Å². The molecule has 1 N–H and O–H groups in total. The summed E-state index contributed by atoms with van der Waals surface area (Å²) < 4.78 is 12.1. The van der Waals surface area contributed by atoms with Gasteiger partial charge in [-0.3, -0.25) is 4.90 Å². The Kier molecular flexibility index (Phi) is 5.08. The van der Waals surface area contributed by atoms with Gasteiger partial charge in [-0.1, -0.05) is 0 Å². The van der Waals surface area contributed by atoms with Crippen LogP contribution in [-0.4, -0.2) is 77.1 Å². The molecule has 7 nitrogen and oxygen atoms in total. The van der Waals surface area contributed by atoms with Crippen molar-refractivity contribution in [2.75, 3.05) is 37.7 Å². The first-order valence-corrected chi connectivity index (χ1v) is 9.01. The molecule has 2 aliphatic rings. The molecule has 138 valence electrons. The fourth-order valence-corrected chi connectivity index (χ4v) is 3.23. The first-order chi connectivity index (χ1) is 11.7. The van der Waals surface area contributed by atoms with Crippen LogP contribution in [0.5, 0.6) is 0 Å². The van der Waals surface area contributed by atoms with Crippen LogP contribution in [0.3, 0.4) is 0 Å². The standard InChI is InChI=1S/C17H29BN4O3/c1-13-12-22(7-6-21(13)8-9-23)15-19-10-14(11-20-15)18-24-16(2,3)17(4,5)25-18/h10-11,13,23H,6-9,12H2,1-5H3/t13-/m1/s1. The largest absolute Gasteiger partial charge is 0.498 e. The van der Waals surface area contributed by atoms with E-state index >= 15 is 0 Å². The summed E-state index contributed by atoms with van der Waals surface area (Å²) in [5, 5.41) is 9.12. The first kappa shape index (κ1) is 18.6. The van der Waals surface area contributed by atoms with Crippen LogP contribution in [0.1, 0.15) is 34.6 Å². The second-order valence-corrected chi connectivity index (χ2v) is 7.96. The molecule has 1 aromatic rings. The van der Waals surface area contributed by atoms with Crippen LogP contribution in [0.15, 0.2) is 12.4 Å². The number of β-amino-alcohol motifs (C(OH)–C–C–N with tert-alkyl or cyclic N) is 1. The van der Waals surface area contributed by atoms with E-state index in [0.29, 0.717) is 6.04 Å². The zero-order chi connectivity index (χ0) is 18.2. The maximum Gasteiger partial charge on any atom is 0.498 e. The van der Waals surface area contributed by atoms with E-state index in [0.717, 1.165) is 37.6 Å². The van der Waals surface area contributed by atoms with Gasteiger partial charge >= 0.3 is 7.12 Å². The van der Waals surface area contributed by atoms with Gasteiger partial charge in [0.1, 0.15) is 0 Å². The van der Waals surface area contributed by atoms with E-state index < -0.39 is 7.12 Å². The molecule has 25 heavy (non-hydrogen) atoms. The zero-order valence-corrected chi connectivity index (χ0v) is 15.9. The van der Waals surface area contributed by atoms with Gasteiger partial charge in [0.15, 0.2) is 0 Å². The number of aliphatic hydroxyl groups is 1. The maximum atomic E-state index is 9.12. The SMILES string of the molecule is C[C@@H]1CN(c2ncc(B3OC(C)(C)C(C)(C)O3)cn2)CCN1CCO. The summed E-state index contributed by atoms with van der Waals surface area (Å²) in [6, 6.07) is 0.368. The average Bonchev–Trinajstić information content (AvgIpc) is 2.78. The minimum atomic E-state index is -0.431. The van der Waals surface area contributed by atoms with Gasteiger partial charge < -0.3 is 19.3 Å². The van der Waals surface area contributed by atoms with Crippen molar-refractivity contribution in [3.63, 3.8) is 0 Å². The second kappa shape index (κ2) is 6.83. The Morgan fingerprint density at radius 1 is 1.16 bits per heavy atom. The molecule has 2 aliphatic heterocycles. The van der Waals surface area contributed by atoms with Gasteiger partial charge in [-0.2, -0.15) is 0 Å². The summed E-state index contributed by atoms with van der Waals surface area (Å²) in [5.41, 5.74) is 0.109. The topological polar surface area (TPSA) is 71.0 Å². The third-order valence-electron chi connectivity index (χ3n) is 5.62. The van der Waals surface area contributed by atoms with Crippen molar-refractivity contribution in [3.05, 3.63) is 12.4 Å². The molecular weight excluding hydrogens is 319 g/mol. The third kappa shape index (κ3) is 3.67. The molecular formula is C17H29BN4O3. The minimum absolute atomic E-state index is 0.198. The van der Waals surface area contributed by atoms with E-state index in [1.165, 1.54) is 0 Å². The van der Waals surface area contributed by atoms with Crippen molar-refractivity contribution < 1.29 is 14.4 Å². The van der Waals surface area contributed by atoms with Gasteiger partial charge in [0, 0.05) is 50.1 Å². The smallest absolute Gasteiger partial charge is 0.399 e. The van der Waals surface area contributed by atoms with Crippen molar-refractivity contribution in [2.24, 2.45) is 0 Å². The molecule has 2 fully saturated rings. The second-order valence-electron chi connectivity index (χ2n) is 7.96. The highest BCUT2D eigenvalue weighted by atomic mass is 16.7. The van der Waals surface area contributed by atoms with Crippen LogP contribution < -0.4 is 10.4 Å². The molecule has 1 atom stereocenters. The number of hydrogen-bond donors (Lipinski definition) is 1. The fraction of sp³-hybridized carbons (Fsp3) is 0.765. The van der Waals surface area contributed by atoms with Crippen molar-refractivity contribution in [3.8, 4) is 0 Å². The van der Waals surface area contributed by atoms with Crippen LogP contribution >= 0.6 is 0 Å². The molecule has 1 aromatic heterocycles. The lowest BCUT2D eigenvalue weighted by molar-refractivity contribution is 0.00578. The molecule has 0 amide bonds. The number of anilines is 1. The van der Waals surface area contributed by atoms with Gasteiger partial charge in [-0.05, 0) is 34.6 Å². The van der Waals surface area contributed by atoms with Crippen LogP contribution in [-0.2, 0) is 9.31 Å². The number of aliphatic hydroxyl groups excluding tert-OH is 1. The molecule has 0 aromatic carbocycles. The molecule has 3 rings (SSSR count). The maximum absolute atomic E-state index is 9.12. The minimum Gasteiger partial charge on any atom is -0.399 e. The summed E-state index contributed by atoms with van der Waals surface area (Å²) in [5.74, 6) is 0.732. The van der Waals surface area contributed by atoms with E-state index in [1.54, 1.807) is 12.4 Å². The number of hydrogen-bond acceptors (Lipinski definition) is 7. The summed E-state index contributed by atoms with van der Waals surface area (Å²) in [6.45, 7) is 13.9. The molecule has 2 saturated heterocycles. The lowest BCUT2D eigenvalue weighted by Crippen LogP contribution is -2.53. The Morgan fingerprint density at radius 3 is 2.28 bits per heavy atom. The van der Waals surface area contributed by atoms with Gasteiger partial charge in [-0.25, -0.2) is 9.97 Å². The molecule has 0 bridgehead atoms. The number of nitrogens with zero attached hydrogens (tertiary/aromatic N) is 4. The van der Waals surface area contributed by atoms with Gasteiger partial charge in [0.2, 0.25) is 5.95 Å². The van der Waals surface area contributed by atoms with Crippen molar-refractivity contribution in [2.45, 2.75) is 51.9 Å². The number of piperazine rings is 1. The molecule has 0 aliphatic carbocycles. The van der Waals surface area contributed by atoms with Gasteiger partial charge in [-0.15, -0.1) is 0 Å². The Labute approximate surface area is 150 Å². The molecule has 0 unspecified atom stereocenters. The lowest BCUT2D eigenvalue weighted by Gasteiger charge is -2.39. The number of rotatable bonds is 4. The van der Waals surface area contributed by atoms with E-state index in [1.807, 2.05) is 27.7 Å². The molecule has 0 saturated carbocycles. The van der Waals surface area contributed by atoms with E-state index in [9.17, 15) is 0 Å². The van der Waals surface area contributed by atoms with Crippen LogP contribution in [0.4, 0.5) is 5.95 Å². The fourth-order valence-electron chi connectivity index (χ4n) is 3.23. The van der Waals surface area contributed by atoms with E-state index in [2.05, 4.69) is 26.7 Å². The highest BCUT2D eigenvalue weighted by Crippen LogP contribution is 2.36. The lowest BCUT2D eigenvalue weighted by atomic mass is 9.81.